The molecule has 2 aliphatic rings. The van der Waals surface area contributed by atoms with Crippen LogP contribution in [-0.4, -0.2) is 76.4 Å². The molecule has 2 saturated heterocycles. The van der Waals surface area contributed by atoms with Crippen LogP contribution >= 0.6 is 0 Å². The molecule has 0 aromatic carbocycles. The molecule has 1 aromatic rings. The summed E-state index contributed by atoms with van der Waals surface area (Å²) in [6.45, 7) is 5.18. The highest BCUT2D eigenvalue weighted by Crippen LogP contribution is 2.29. The molecular weight excluding hydrogens is 379 g/mol. The number of alkyl halides is 3. The maximum Gasteiger partial charge on any atom is 0.417 e. The van der Waals surface area contributed by atoms with E-state index in [2.05, 4.69) is 4.98 Å². The van der Waals surface area contributed by atoms with Crippen LogP contribution in [0.4, 0.5) is 23.8 Å². The van der Waals surface area contributed by atoms with Crippen molar-refractivity contribution in [1.82, 2.24) is 19.7 Å². The normalized spacial score (nSPS) is 19.4. The number of carbonyl (C=O) groups excluding carboxylic acids is 3. The van der Waals surface area contributed by atoms with Gasteiger partial charge in [0.25, 0.3) is 0 Å². The van der Waals surface area contributed by atoms with Crippen molar-refractivity contribution in [3.05, 3.63) is 23.9 Å². The number of carbonyl (C=O) groups is 3. The van der Waals surface area contributed by atoms with E-state index in [4.69, 9.17) is 0 Å². The quantitative estimate of drug-likeness (QED) is 0.563. The first kappa shape index (κ1) is 20.1. The van der Waals surface area contributed by atoms with Gasteiger partial charge in [0.1, 0.15) is 5.82 Å². The van der Waals surface area contributed by atoms with Crippen molar-refractivity contribution >= 4 is 23.7 Å². The first-order valence-electron chi connectivity index (χ1n) is 8.79. The summed E-state index contributed by atoms with van der Waals surface area (Å²) in [7, 11) is 0. The molecule has 8 nitrogen and oxygen atoms in total. The number of urea groups is 1. The Kier molecular flexibility index (Phi) is 5.28. The minimum Gasteiger partial charge on any atom is -0.354 e. The Morgan fingerprint density at radius 1 is 1.04 bits per heavy atom. The summed E-state index contributed by atoms with van der Waals surface area (Å²) < 4.78 is 37.9. The van der Waals surface area contributed by atoms with Crippen molar-refractivity contribution in [3.8, 4) is 0 Å². The van der Waals surface area contributed by atoms with E-state index in [9.17, 15) is 27.6 Å². The molecule has 0 saturated carbocycles. The average Bonchev–Trinajstić information content (AvgIpc) is 2.85. The van der Waals surface area contributed by atoms with Crippen LogP contribution < -0.4 is 4.90 Å². The molecule has 152 valence electrons. The SMILES string of the molecule is CC(C)N1C(=O)C(=O)N(CN2CCN(c3ccc(C(F)(F)F)cn3)CC2)C1=O. The molecule has 2 fully saturated rings. The summed E-state index contributed by atoms with van der Waals surface area (Å²) in [6.07, 6.45) is -3.63. The van der Waals surface area contributed by atoms with Crippen molar-refractivity contribution in [3.63, 3.8) is 0 Å². The summed E-state index contributed by atoms with van der Waals surface area (Å²) >= 11 is 0. The molecule has 0 aliphatic carbocycles. The zero-order valence-corrected chi connectivity index (χ0v) is 15.4. The lowest BCUT2D eigenvalue weighted by atomic mass is 10.2. The van der Waals surface area contributed by atoms with Crippen LogP contribution in [0.15, 0.2) is 18.3 Å². The minimum absolute atomic E-state index is 0.000900. The van der Waals surface area contributed by atoms with Crippen LogP contribution in [0.25, 0.3) is 0 Å². The first-order valence-corrected chi connectivity index (χ1v) is 8.79. The minimum atomic E-state index is -4.43. The third-order valence-electron chi connectivity index (χ3n) is 4.71. The maximum absolute atomic E-state index is 12.6. The number of hydrogen-bond donors (Lipinski definition) is 0. The molecule has 3 rings (SSSR count). The number of anilines is 1. The van der Waals surface area contributed by atoms with E-state index in [1.54, 1.807) is 13.8 Å². The van der Waals surface area contributed by atoms with Gasteiger partial charge < -0.3 is 4.90 Å². The van der Waals surface area contributed by atoms with E-state index in [-0.39, 0.29) is 6.67 Å². The number of pyridine rings is 1. The lowest BCUT2D eigenvalue weighted by molar-refractivity contribution is -0.144. The molecule has 11 heteroatoms. The number of piperazine rings is 1. The topological polar surface area (TPSA) is 77.1 Å². The van der Waals surface area contributed by atoms with Gasteiger partial charge in [-0.25, -0.2) is 14.7 Å². The molecule has 0 atom stereocenters. The Morgan fingerprint density at radius 2 is 1.68 bits per heavy atom. The van der Waals surface area contributed by atoms with Crippen LogP contribution in [0, 0.1) is 0 Å². The number of hydrogen-bond acceptors (Lipinski definition) is 6. The molecule has 3 heterocycles. The number of amides is 4. The monoisotopic (exact) mass is 399 g/mol. The van der Waals surface area contributed by atoms with Gasteiger partial charge in [-0.15, -0.1) is 0 Å². The maximum atomic E-state index is 12.6. The third kappa shape index (κ3) is 3.79. The molecular formula is C17H20F3N5O3. The second kappa shape index (κ2) is 7.38. The zero-order chi connectivity index (χ0) is 20.6. The van der Waals surface area contributed by atoms with Gasteiger partial charge in [0.15, 0.2) is 0 Å². The van der Waals surface area contributed by atoms with E-state index < -0.39 is 35.6 Å². The van der Waals surface area contributed by atoms with Gasteiger partial charge in [0.05, 0.1) is 12.2 Å². The van der Waals surface area contributed by atoms with E-state index in [0.717, 1.165) is 22.1 Å². The summed E-state index contributed by atoms with van der Waals surface area (Å²) in [6, 6.07) is 1.28. The Morgan fingerprint density at radius 3 is 2.14 bits per heavy atom. The van der Waals surface area contributed by atoms with Crippen molar-refractivity contribution in [1.29, 1.82) is 0 Å². The van der Waals surface area contributed by atoms with Crippen LogP contribution in [0.3, 0.4) is 0 Å². The molecule has 0 bridgehead atoms. The number of nitrogens with zero attached hydrogens (tertiary/aromatic N) is 5. The third-order valence-corrected chi connectivity index (χ3v) is 4.71. The molecule has 28 heavy (non-hydrogen) atoms. The Hall–Kier alpha value is -2.69. The Bertz CT molecular complexity index is 773. The lowest BCUT2D eigenvalue weighted by Crippen LogP contribution is -2.51. The Balaban J connectivity index is 1.58. The van der Waals surface area contributed by atoms with Gasteiger partial charge in [0, 0.05) is 38.4 Å². The predicted octanol–water partition coefficient (Wildman–Crippen LogP) is 1.38. The second-order valence-electron chi connectivity index (χ2n) is 6.93. The average molecular weight is 399 g/mol. The summed E-state index contributed by atoms with van der Waals surface area (Å²) in [4.78, 5) is 45.7. The summed E-state index contributed by atoms with van der Waals surface area (Å²) in [5.74, 6) is -1.24. The highest BCUT2D eigenvalue weighted by Gasteiger charge is 2.46. The first-order chi connectivity index (χ1) is 13.1. The van der Waals surface area contributed by atoms with Crippen molar-refractivity contribution in [2.45, 2.75) is 26.1 Å². The Labute approximate surface area is 159 Å². The fourth-order valence-electron chi connectivity index (χ4n) is 3.16. The van der Waals surface area contributed by atoms with E-state index in [1.165, 1.54) is 6.07 Å². The van der Waals surface area contributed by atoms with Gasteiger partial charge >= 0.3 is 24.0 Å². The van der Waals surface area contributed by atoms with Crippen molar-refractivity contribution in [2.75, 3.05) is 37.7 Å². The summed E-state index contributed by atoms with van der Waals surface area (Å²) in [5.41, 5.74) is -0.805. The fourth-order valence-corrected chi connectivity index (χ4v) is 3.16. The van der Waals surface area contributed by atoms with Crippen molar-refractivity contribution < 1.29 is 27.6 Å². The molecule has 0 radical (unpaired) electrons. The predicted molar refractivity (Wildman–Crippen MR) is 92.1 cm³/mol. The van der Waals surface area contributed by atoms with Crippen LogP contribution in [0.5, 0.6) is 0 Å². The number of rotatable bonds is 4. The standard InChI is InChI=1S/C17H20F3N5O3/c1-11(2)25-15(27)14(26)24(16(25)28)10-22-5-7-23(8-6-22)13-4-3-12(9-21-13)17(18,19)20/h3-4,9,11H,5-8,10H2,1-2H3. The fraction of sp³-hybridized carbons (Fsp3) is 0.529. The lowest BCUT2D eigenvalue weighted by Gasteiger charge is -2.36. The van der Waals surface area contributed by atoms with Crippen LogP contribution in [-0.2, 0) is 15.8 Å². The molecule has 1 aromatic heterocycles. The van der Waals surface area contributed by atoms with Crippen LogP contribution in [0.2, 0.25) is 0 Å². The summed E-state index contributed by atoms with van der Waals surface area (Å²) in [5, 5.41) is 0. The molecule has 2 aliphatic heterocycles. The largest absolute Gasteiger partial charge is 0.417 e. The number of aromatic nitrogens is 1. The smallest absolute Gasteiger partial charge is 0.354 e. The van der Waals surface area contributed by atoms with Crippen molar-refractivity contribution in [2.24, 2.45) is 0 Å². The van der Waals surface area contributed by atoms with Gasteiger partial charge in [-0.3, -0.25) is 19.4 Å². The zero-order valence-electron chi connectivity index (χ0n) is 15.4. The molecule has 4 amide bonds. The molecule has 0 spiro atoms. The van der Waals surface area contributed by atoms with Gasteiger partial charge in [-0.05, 0) is 26.0 Å². The van der Waals surface area contributed by atoms with Crippen LogP contribution in [0.1, 0.15) is 19.4 Å². The molecule has 0 N–H and O–H groups in total. The highest BCUT2D eigenvalue weighted by molar-refractivity contribution is 6.44. The highest BCUT2D eigenvalue weighted by atomic mass is 19.4. The number of imide groups is 2. The second-order valence-corrected chi connectivity index (χ2v) is 6.93. The van der Waals surface area contributed by atoms with Gasteiger partial charge in [0.2, 0.25) is 0 Å². The number of halogens is 3. The van der Waals surface area contributed by atoms with E-state index in [0.29, 0.717) is 32.0 Å². The molecule has 0 unspecified atom stereocenters. The van der Waals surface area contributed by atoms with E-state index >= 15 is 0 Å². The van der Waals surface area contributed by atoms with Gasteiger partial charge in [-0.1, -0.05) is 0 Å². The van der Waals surface area contributed by atoms with E-state index in [1.807, 2.05) is 9.80 Å². The van der Waals surface area contributed by atoms with Gasteiger partial charge in [-0.2, -0.15) is 13.2 Å².